The fourth-order valence-electron chi connectivity index (χ4n) is 1.57. The number of carbonyl (C=O) groups is 1. The van der Waals surface area contributed by atoms with Crippen LogP contribution in [0.2, 0.25) is 0 Å². The first kappa shape index (κ1) is 15.4. The predicted molar refractivity (Wildman–Crippen MR) is 85.0 cm³/mol. The first-order valence-electron chi connectivity index (χ1n) is 6.75. The van der Waals surface area contributed by atoms with Gasteiger partial charge in [-0.2, -0.15) is 0 Å². The maximum atomic E-state index is 12.1. The van der Waals surface area contributed by atoms with Crippen molar-refractivity contribution in [1.82, 2.24) is 15.2 Å². The Labute approximate surface area is 128 Å². The Morgan fingerprint density at radius 2 is 2.05 bits per heavy atom. The van der Waals surface area contributed by atoms with Crippen LogP contribution in [0.1, 0.15) is 43.9 Å². The number of nitrogens with one attached hydrogen (secondary N) is 2. The Bertz CT molecular complexity index is 615. The van der Waals surface area contributed by atoms with Crippen LogP contribution in [-0.2, 0) is 5.41 Å². The van der Waals surface area contributed by atoms with E-state index in [1.807, 2.05) is 12.3 Å². The van der Waals surface area contributed by atoms with Crippen molar-refractivity contribution in [2.45, 2.75) is 33.1 Å². The lowest BCUT2D eigenvalue weighted by molar-refractivity contribution is 0.102. The summed E-state index contributed by atoms with van der Waals surface area (Å²) >= 11 is 1.41. The third kappa shape index (κ3) is 3.98. The first-order chi connectivity index (χ1) is 9.90. The van der Waals surface area contributed by atoms with Crippen molar-refractivity contribution in [3.63, 3.8) is 0 Å². The van der Waals surface area contributed by atoms with Gasteiger partial charge in [-0.1, -0.05) is 20.8 Å². The van der Waals surface area contributed by atoms with Gasteiger partial charge < -0.3 is 5.32 Å². The van der Waals surface area contributed by atoms with Crippen LogP contribution in [0.4, 0.5) is 10.9 Å². The number of rotatable bonds is 4. The van der Waals surface area contributed by atoms with Crippen molar-refractivity contribution < 1.29 is 4.79 Å². The van der Waals surface area contributed by atoms with Crippen molar-refractivity contribution in [2.75, 3.05) is 17.2 Å². The highest BCUT2D eigenvalue weighted by molar-refractivity contribution is 7.14. The largest absolute Gasteiger partial charge is 0.369 e. The molecule has 2 aromatic heterocycles. The summed E-state index contributed by atoms with van der Waals surface area (Å²) in [6, 6.07) is 3.37. The van der Waals surface area contributed by atoms with Crippen molar-refractivity contribution in [3.8, 4) is 0 Å². The summed E-state index contributed by atoms with van der Waals surface area (Å²) in [6.07, 6.45) is 0. The third-order valence-corrected chi connectivity index (χ3v) is 3.51. The molecule has 0 unspecified atom stereocenters. The zero-order valence-corrected chi connectivity index (χ0v) is 13.4. The number of anilines is 2. The molecule has 1 amide bonds. The van der Waals surface area contributed by atoms with Crippen LogP contribution in [0.15, 0.2) is 17.5 Å². The zero-order chi connectivity index (χ0) is 15.5. The van der Waals surface area contributed by atoms with Gasteiger partial charge in [-0.05, 0) is 19.1 Å². The molecule has 0 aliphatic rings. The lowest BCUT2D eigenvalue weighted by atomic mass is 9.93. The molecule has 2 aromatic rings. The lowest BCUT2D eigenvalue weighted by Crippen LogP contribution is -2.16. The normalized spacial score (nSPS) is 11.2. The Hall–Kier alpha value is -2.02. The molecule has 0 saturated heterocycles. The molecule has 2 N–H and O–H groups in total. The quantitative estimate of drug-likeness (QED) is 0.908. The van der Waals surface area contributed by atoms with Crippen LogP contribution >= 0.6 is 11.3 Å². The standard InChI is InChI=1S/C14H19N5OS/c1-5-15-11-7-6-9(18-19-11)12(20)17-13-16-10(8-21-13)14(2,3)4/h6-8H,5H2,1-4H3,(H,15,19)(H,16,17,20). The average Bonchev–Trinajstić information content (AvgIpc) is 2.88. The number of nitrogens with zero attached hydrogens (tertiary/aromatic N) is 3. The summed E-state index contributed by atoms with van der Waals surface area (Å²) < 4.78 is 0. The van der Waals surface area contributed by atoms with E-state index in [2.05, 4.69) is 46.6 Å². The molecular weight excluding hydrogens is 286 g/mol. The summed E-state index contributed by atoms with van der Waals surface area (Å²) in [7, 11) is 0. The molecular formula is C14H19N5OS. The van der Waals surface area contributed by atoms with Gasteiger partial charge in [0.05, 0.1) is 5.69 Å². The van der Waals surface area contributed by atoms with Gasteiger partial charge in [-0.15, -0.1) is 21.5 Å². The highest BCUT2D eigenvalue weighted by atomic mass is 32.1. The first-order valence-corrected chi connectivity index (χ1v) is 7.63. The van der Waals surface area contributed by atoms with E-state index in [1.54, 1.807) is 12.1 Å². The highest BCUT2D eigenvalue weighted by Crippen LogP contribution is 2.26. The SMILES string of the molecule is CCNc1ccc(C(=O)Nc2nc(C(C)(C)C)cs2)nn1. The van der Waals surface area contributed by atoms with Crippen LogP contribution in [0, 0.1) is 0 Å². The molecule has 2 heterocycles. The Morgan fingerprint density at radius 1 is 1.29 bits per heavy atom. The molecule has 0 fully saturated rings. The van der Waals surface area contributed by atoms with Crippen molar-refractivity contribution in [1.29, 1.82) is 0 Å². The molecule has 0 aliphatic carbocycles. The number of carbonyl (C=O) groups excluding carboxylic acids is 1. The molecule has 0 saturated carbocycles. The number of thiazole rings is 1. The van der Waals surface area contributed by atoms with Gasteiger partial charge in [0.2, 0.25) is 0 Å². The van der Waals surface area contributed by atoms with Gasteiger partial charge in [0.25, 0.3) is 5.91 Å². The van der Waals surface area contributed by atoms with Crippen LogP contribution in [-0.4, -0.2) is 27.6 Å². The molecule has 112 valence electrons. The molecule has 2 rings (SSSR count). The minimum absolute atomic E-state index is 0.0350. The Kier molecular flexibility index (Phi) is 4.52. The zero-order valence-electron chi connectivity index (χ0n) is 12.6. The van der Waals surface area contributed by atoms with Gasteiger partial charge >= 0.3 is 0 Å². The molecule has 21 heavy (non-hydrogen) atoms. The fourth-order valence-corrected chi connectivity index (χ4v) is 2.50. The molecule has 0 aliphatic heterocycles. The second kappa shape index (κ2) is 6.17. The van der Waals surface area contributed by atoms with Crippen LogP contribution in [0.5, 0.6) is 0 Å². The van der Waals surface area contributed by atoms with Gasteiger partial charge in [0.15, 0.2) is 10.8 Å². The second-order valence-electron chi connectivity index (χ2n) is 5.58. The third-order valence-electron chi connectivity index (χ3n) is 2.75. The van der Waals surface area contributed by atoms with E-state index in [9.17, 15) is 4.79 Å². The molecule has 6 nitrogen and oxygen atoms in total. The van der Waals surface area contributed by atoms with E-state index in [4.69, 9.17) is 0 Å². The predicted octanol–water partition coefficient (Wildman–Crippen LogP) is 2.91. The molecule has 0 bridgehead atoms. The van der Waals surface area contributed by atoms with E-state index in [-0.39, 0.29) is 17.0 Å². The van der Waals surface area contributed by atoms with Gasteiger partial charge in [0.1, 0.15) is 5.82 Å². The minimum atomic E-state index is -0.305. The lowest BCUT2D eigenvalue weighted by Gasteiger charge is -2.14. The van der Waals surface area contributed by atoms with E-state index < -0.39 is 0 Å². The molecule has 0 atom stereocenters. The van der Waals surface area contributed by atoms with Crippen LogP contribution in [0.3, 0.4) is 0 Å². The van der Waals surface area contributed by atoms with Gasteiger partial charge in [-0.25, -0.2) is 4.98 Å². The van der Waals surface area contributed by atoms with E-state index >= 15 is 0 Å². The van der Waals surface area contributed by atoms with Crippen molar-refractivity contribution >= 4 is 28.2 Å². The van der Waals surface area contributed by atoms with Crippen molar-refractivity contribution in [2.24, 2.45) is 0 Å². The van der Waals surface area contributed by atoms with Crippen LogP contribution < -0.4 is 10.6 Å². The fraction of sp³-hybridized carbons (Fsp3) is 0.429. The average molecular weight is 305 g/mol. The summed E-state index contributed by atoms with van der Waals surface area (Å²) in [6.45, 7) is 8.97. The minimum Gasteiger partial charge on any atom is -0.369 e. The highest BCUT2D eigenvalue weighted by Gasteiger charge is 2.18. The Morgan fingerprint density at radius 3 is 2.57 bits per heavy atom. The summed E-state index contributed by atoms with van der Waals surface area (Å²) in [5.74, 6) is 0.346. The molecule has 0 spiro atoms. The number of hydrogen-bond acceptors (Lipinski definition) is 6. The smallest absolute Gasteiger partial charge is 0.277 e. The van der Waals surface area contributed by atoms with E-state index in [0.717, 1.165) is 12.2 Å². The van der Waals surface area contributed by atoms with Gasteiger partial charge in [0, 0.05) is 17.3 Å². The topological polar surface area (TPSA) is 79.8 Å². The molecule has 0 aromatic carbocycles. The number of aromatic nitrogens is 3. The molecule has 0 radical (unpaired) electrons. The number of amides is 1. The van der Waals surface area contributed by atoms with Crippen LogP contribution in [0.25, 0.3) is 0 Å². The number of hydrogen-bond donors (Lipinski definition) is 2. The Balaban J connectivity index is 2.05. The maximum absolute atomic E-state index is 12.1. The van der Waals surface area contributed by atoms with E-state index in [0.29, 0.717) is 10.9 Å². The summed E-state index contributed by atoms with van der Waals surface area (Å²) in [5, 5.41) is 16.1. The second-order valence-corrected chi connectivity index (χ2v) is 6.43. The summed E-state index contributed by atoms with van der Waals surface area (Å²) in [4.78, 5) is 16.5. The molecule has 7 heteroatoms. The van der Waals surface area contributed by atoms with E-state index in [1.165, 1.54) is 11.3 Å². The maximum Gasteiger partial charge on any atom is 0.277 e. The monoisotopic (exact) mass is 305 g/mol. The van der Waals surface area contributed by atoms with Gasteiger partial charge in [-0.3, -0.25) is 10.1 Å². The summed E-state index contributed by atoms with van der Waals surface area (Å²) in [5.41, 5.74) is 1.19. The van der Waals surface area contributed by atoms with Crippen molar-refractivity contribution in [3.05, 3.63) is 28.9 Å².